The molecule has 1 aliphatic carbocycles. The lowest BCUT2D eigenvalue weighted by Crippen LogP contribution is -2.33. The van der Waals surface area contributed by atoms with Crippen LogP contribution in [0.25, 0.3) is 0 Å². The molecule has 0 amide bonds. The first-order valence-electron chi connectivity index (χ1n) is 14.9. The van der Waals surface area contributed by atoms with Gasteiger partial charge in [0.25, 0.3) is 0 Å². The largest absolute Gasteiger partial charge is 0.507 e. The van der Waals surface area contributed by atoms with Crippen LogP contribution in [0.4, 0.5) is 0 Å². The number of carbonyl (C=O) groups excluding carboxylic acids is 2. The van der Waals surface area contributed by atoms with Gasteiger partial charge in [0.05, 0.1) is 23.9 Å². The second kappa shape index (κ2) is 12.5. The molecule has 44 heavy (non-hydrogen) atoms. The number of fused-ring (bicyclic) bond motifs is 2. The molecular weight excluding hydrogens is 567 g/mol. The maximum Gasteiger partial charge on any atom is 0.201 e. The van der Waals surface area contributed by atoms with Gasteiger partial charge in [0.2, 0.25) is 5.78 Å². The highest BCUT2D eigenvalue weighted by atomic mass is 31.2. The number of aromatic hydroxyl groups is 2. The molecule has 1 aliphatic rings. The lowest BCUT2D eigenvalue weighted by molar-refractivity contribution is 0.0973. The van der Waals surface area contributed by atoms with Crippen molar-refractivity contribution < 1.29 is 24.5 Å². The number of ether oxygens (including phenoxy) is 1. The first kappa shape index (κ1) is 29.3. The highest BCUT2D eigenvalue weighted by Crippen LogP contribution is 2.56. The Kier molecular flexibility index (Phi) is 8.32. The molecule has 0 saturated carbocycles. The normalized spacial score (nSPS) is 12.5. The van der Waals surface area contributed by atoms with Gasteiger partial charge < -0.3 is 14.9 Å². The summed E-state index contributed by atoms with van der Waals surface area (Å²) in [7, 11) is -1.89. The molecule has 0 atom stereocenters. The number of hydrogen-bond donors (Lipinski definition) is 2. The van der Waals surface area contributed by atoms with Crippen LogP contribution in [0, 0.1) is 6.92 Å². The van der Waals surface area contributed by atoms with Crippen molar-refractivity contribution in [1.29, 1.82) is 0 Å². The summed E-state index contributed by atoms with van der Waals surface area (Å²) in [5, 5.41) is 25.2. The molecular formula is C38H34O5P+. The second-order valence-corrected chi connectivity index (χ2v) is 14.8. The van der Waals surface area contributed by atoms with Crippen LogP contribution in [0.3, 0.4) is 0 Å². The zero-order valence-electron chi connectivity index (χ0n) is 24.6. The SMILES string of the molecule is Cc1cc(O)c2c(c1)C(=O)c1cc(OCCCCC[P+](c3ccccc3)(c3ccccc3)c3ccccc3)cc(O)c1C2=O. The summed E-state index contributed by atoms with van der Waals surface area (Å²) < 4.78 is 5.99. The predicted octanol–water partition coefficient (Wildman–Crippen LogP) is 6.72. The van der Waals surface area contributed by atoms with E-state index in [1.807, 2.05) is 0 Å². The highest BCUT2D eigenvalue weighted by Gasteiger charge is 2.44. The van der Waals surface area contributed by atoms with Gasteiger partial charge in [0.15, 0.2) is 5.78 Å². The highest BCUT2D eigenvalue weighted by molar-refractivity contribution is 7.95. The van der Waals surface area contributed by atoms with Crippen molar-refractivity contribution in [3.05, 3.63) is 143 Å². The topological polar surface area (TPSA) is 83.8 Å². The molecule has 0 spiro atoms. The smallest absolute Gasteiger partial charge is 0.201 e. The Morgan fingerprint density at radius 1 is 0.591 bits per heavy atom. The lowest BCUT2D eigenvalue weighted by atomic mass is 9.82. The number of ketones is 2. The Hall–Kier alpha value is -4.73. The zero-order chi connectivity index (χ0) is 30.7. The quantitative estimate of drug-likeness (QED) is 0.135. The van der Waals surface area contributed by atoms with E-state index in [0.29, 0.717) is 17.9 Å². The van der Waals surface area contributed by atoms with Gasteiger partial charge in [-0.3, -0.25) is 9.59 Å². The number of phenols is 2. The first-order valence-corrected chi connectivity index (χ1v) is 16.9. The summed E-state index contributed by atoms with van der Waals surface area (Å²) >= 11 is 0. The van der Waals surface area contributed by atoms with E-state index >= 15 is 0 Å². The van der Waals surface area contributed by atoms with Crippen LogP contribution >= 0.6 is 7.26 Å². The Balaban J connectivity index is 1.17. The maximum atomic E-state index is 13.3. The second-order valence-electron chi connectivity index (χ2n) is 11.2. The fourth-order valence-electron chi connectivity index (χ4n) is 6.26. The van der Waals surface area contributed by atoms with Gasteiger partial charge in [-0.1, -0.05) is 54.6 Å². The Bertz CT molecular complexity index is 1720. The third-order valence-electron chi connectivity index (χ3n) is 8.29. The fourth-order valence-corrected chi connectivity index (χ4v) is 10.7. The summed E-state index contributed by atoms with van der Waals surface area (Å²) in [5.41, 5.74) is 0.722. The van der Waals surface area contributed by atoms with Crippen molar-refractivity contribution in [2.45, 2.75) is 26.2 Å². The van der Waals surface area contributed by atoms with E-state index in [2.05, 4.69) is 91.0 Å². The van der Waals surface area contributed by atoms with E-state index in [1.54, 1.807) is 13.0 Å². The van der Waals surface area contributed by atoms with Gasteiger partial charge >= 0.3 is 0 Å². The van der Waals surface area contributed by atoms with Gasteiger partial charge in [-0.25, -0.2) is 0 Å². The lowest BCUT2D eigenvalue weighted by Gasteiger charge is -2.27. The van der Waals surface area contributed by atoms with E-state index in [1.165, 1.54) is 34.1 Å². The summed E-state index contributed by atoms with van der Waals surface area (Å²) in [4.78, 5) is 26.4. The molecule has 6 heteroatoms. The molecule has 0 aliphatic heterocycles. The number of unbranched alkanes of at least 4 members (excludes halogenated alkanes) is 2. The van der Waals surface area contributed by atoms with Gasteiger partial charge in [-0.15, -0.1) is 0 Å². The standard InChI is InChI=1S/C38H33O5P/c1-26-22-31-35(33(39)23-26)38(42)36-32(37(31)41)24-27(25-34(36)40)43-20-12-5-13-21-44(28-14-6-2-7-15-28,29-16-8-3-9-17-29)30-18-10-4-11-19-30/h2-4,6-11,14-19,22-25H,5,12-13,20-21H2,1H3,(H-,39,40,42)/p+1. The summed E-state index contributed by atoms with van der Waals surface area (Å²) in [6.45, 7) is 2.15. The van der Waals surface area contributed by atoms with Crippen molar-refractivity contribution >= 4 is 34.7 Å². The third kappa shape index (κ3) is 5.40. The Morgan fingerprint density at radius 2 is 1.09 bits per heavy atom. The van der Waals surface area contributed by atoms with Crippen LogP contribution in [0.5, 0.6) is 17.2 Å². The number of rotatable bonds is 10. The van der Waals surface area contributed by atoms with Crippen LogP contribution < -0.4 is 20.7 Å². The van der Waals surface area contributed by atoms with Crippen LogP contribution in [0.15, 0.2) is 115 Å². The van der Waals surface area contributed by atoms with Crippen LogP contribution in [0.2, 0.25) is 0 Å². The number of carbonyl (C=O) groups is 2. The van der Waals surface area contributed by atoms with Gasteiger partial charge in [0.1, 0.15) is 40.4 Å². The molecule has 5 nitrogen and oxygen atoms in total. The van der Waals surface area contributed by atoms with E-state index in [9.17, 15) is 19.8 Å². The van der Waals surface area contributed by atoms with Crippen molar-refractivity contribution in [1.82, 2.24) is 0 Å². The maximum absolute atomic E-state index is 13.3. The van der Waals surface area contributed by atoms with E-state index in [0.717, 1.165) is 25.4 Å². The van der Waals surface area contributed by atoms with Crippen LogP contribution in [0.1, 0.15) is 56.7 Å². The molecule has 2 N–H and O–H groups in total. The Morgan fingerprint density at radius 3 is 1.64 bits per heavy atom. The molecule has 0 heterocycles. The van der Waals surface area contributed by atoms with Crippen molar-refractivity contribution in [3.63, 3.8) is 0 Å². The number of phenolic OH excluding ortho intramolecular Hbond substituents is 2. The minimum atomic E-state index is -1.89. The monoisotopic (exact) mass is 601 g/mol. The molecule has 220 valence electrons. The minimum absolute atomic E-state index is 0.0718. The molecule has 0 saturated heterocycles. The summed E-state index contributed by atoms with van der Waals surface area (Å²) in [5.74, 6) is -1.25. The average Bonchev–Trinajstić information content (AvgIpc) is 3.04. The van der Waals surface area contributed by atoms with Crippen molar-refractivity contribution in [2.75, 3.05) is 12.8 Å². The molecule has 0 unspecified atom stereocenters. The number of hydrogen-bond acceptors (Lipinski definition) is 5. The van der Waals surface area contributed by atoms with Gasteiger partial charge in [-0.05, 0) is 86.3 Å². The first-order chi connectivity index (χ1) is 21.4. The zero-order valence-corrected chi connectivity index (χ0v) is 25.5. The third-order valence-corrected chi connectivity index (χ3v) is 12.8. The number of benzene rings is 5. The van der Waals surface area contributed by atoms with E-state index < -0.39 is 18.8 Å². The molecule has 0 radical (unpaired) electrons. The molecule has 6 rings (SSSR count). The van der Waals surface area contributed by atoms with Gasteiger partial charge in [0, 0.05) is 17.2 Å². The van der Waals surface area contributed by atoms with E-state index in [4.69, 9.17) is 4.74 Å². The molecule has 0 aromatic heterocycles. The molecule has 5 aromatic rings. The predicted molar refractivity (Wildman–Crippen MR) is 177 cm³/mol. The van der Waals surface area contributed by atoms with Crippen LogP contribution in [-0.4, -0.2) is 34.5 Å². The number of aryl methyl sites for hydroxylation is 1. The minimum Gasteiger partial charge on any atom is -0.507 e. The van der Waals surface area contributed by atoms with Crippen molar-refractivity contribution in [3.8, 4) is 17.2 Å². The van der Waals surface area contributed by atoms with Crippen molar-refractivity contribution in [2.24, 2.45) is 0 Å². The fraction of sp³-hybridized carbons (Fsp3) is 0.158. The molecule has 0 fully saturated rings. The van der Waals surface area contributed by atoms with Gasteiger partial charge in [-0.2, -0.15) is 0 Å². The Labute approximate surface area is 258 Å². The average molecular weight is 602 g/mol. The summed E-state index contributed by atoms with van der Waals surface area (Å²) in [6.07, 6.45) is 3.75. The molecule has 0 bridgehead atoms. The molecule has 5 aromatic carbocycles. The van der Waals surface area contributed by atoms with E-state index in [-0.39, 0.29) is 33.8 Å². The summed E-state index contributed by atoms with van der Waals surface area (Å²) in [6, 6.07) is 38.4. The van der Waals surface area contributed by atoms with Crippen LogP contribution in [-0.2, 0) is 0 Å².